The van der Waals surface area contributed by atoms with E-state index in [0.29, 0.717) is 5.91 Å². The molecule has 2 atom stereocenters. The van der Waals surface area contributed by atoms with Crippen molar-refractivity contribution in [1.29, 1.82) is 0 Å². The van der Waals surface area contributed by atoms with E-state index < -0.39 is 0 Å². The number of aryl methyl sites for hydroxylation is 1. The average molecular weight is 323 g/mol. The maximum absolute atomic E-state index is 13.1. The lowest BCUT2D eigenvalue weighted by atomic mass is 9.91. The SMILES string of the molecule is Cn1c([C@H]2CCCCN2C(=O)[C@H]2CC=CCC2)nc2ccccc21. The number of rotatable bonds is 2. The van der Waals surface area contributed by atoms with Crippen molar-refractivity contribution in [1.82, 2.24) is 14.5 Å². The van der Waals surface area contributed by atoms with E-state index in [-0.39, 0.29) is 12.0 Å². The third kappa shape index (κ3) is 2.64. The van der Waals surface area contributed by atoms with Crippen LogP contribution in [0.25, 0.3) is 11.0 Å². The van der Waals surface area contributed by atoms with Gasteiger partial charge in [0.1, 0.15) is 5.82 Å². The van der Waals surface area contributed by atoms with E-state index in [1.807, 2.05) is 12.1 Å². The van der Waals surface area contributed by atoms with Crippen LogP contribution in [-0.2, 0) is 11.8 Å². The molecule has 4 rings (SSSR count). The molecule has 24 heavy (non-hydrogen) atoms. The summed E-state index contributed by atoms with van der Waals surface area (Å²) in [4.78, 5) is 20.1. The molecule has 1 aromatic heterocycles. The third-order valence-corrected chi connectivity index (χ3v) is 5.52. The number of nitrogens with zero attached hydrogens (tertiary/aromatic N) is 3. The van der Waals surface area contributed by atoms with Crippen LogP contribution in [0.15, 0.2) is 36.4 Å². The second-order valence-electron chi connectivity index (χ2n) is 7.04. The van der Waals surface area contributed by atoms with Crippen molar-refractivity contribution >= 4 is 16.9 Å². The van der Waals surface area contributed by atoms with Crippen LogP contribution >= 0.6 is 0 Å². The van der Waals surface area contributed by atoms with E-state index in [4.69, 9.17) is 4.98 Å². The summed E-state index contributed by atoms with van der Waals surface area (Å²) in [5, 5.41) is 0. The number of likely N-dealkylation sites (tertiary alicyclic amines) is 1. The van der Waals surface area contributed by atoms with Gasteiger partial charge in [-0.1, -0.05) is 24.3 Å². The smallest absolute Gasteiger partial charge is 0.226 e. The fraction of sp³-hybridized carbons (Fsp3) is 0.500. The molecular formula is C20H25N3O. The lowest BCUT2D eigenvalue weighted by Gasteiger charge is -2.37. The lowest BCUT2D eigenvalue weighted by Crippen LogP contribution is -2.43. The standard InChI is InChI=1S/C20H25N3O/c1-22-17-12-6-5-11-16(17)21-19(22)18-13-7-8-14-23(18)20(24)15-9-3-2-4-10-15/h2-3,5-6,11-12,15,18H,4,7-10,13-14H2,1H3/t15-,18+/m0/s1. The van der Waals surface area contributed by atoms with Crippen molar-refractivity contribution in [2.24, 2.45) is 13.0 Å². The molecule has 1 aromatic carbocycles. The topological polar surface area (TPSA) is 38.1 Å². The minimum absolute atomic E-state index is 0.120. The van der Waals surface area contributed by atoms with Crippen LogP contribution in [0.2, 0.25) is 0 Å². The Balaban J connectivity index is 1.67. The van der Waals surface area contributed by atoms with Gasteiger partial charge in [0.2, 0.25) is 5.91 Å². The third-order valence-electron chi connectivity index (χ3n) is 5.52. The highest BCUT2D eigenvalue weighted by atomic mass is 16.2. The number of imidazole rings is 1. The average Bonchev–Trinajstić information content (AvgIpc) is 2.99. The second-order valence-corrected chi connectivity index (χ2v) is 7.04. The van der Waals surface area contributed by atoms with Gasteiger partial charge in [0.25, 0.3) is 0 Å². The first-order valence-corrected chi connectivity index (χ1v) is 9.12. The summed E-state index contributed by atoms with van der Waals surface area (Å²) in [5.74, 6) is 1.52. The van der Waals surface area contributed by atoms with Gasteiger partial charge in [-0.25, -0.2) is 4.98 Å². The molecule has 0 N–H and O–H groups in total. The number of para-hydroxylation sites is 2. The first-order valence-electron chi connectivity index (χ1n) is 9.12. The van der Waals surface area contributed by atoms with Crippen LogP contribution in [0, 0.1) is 5.92 Å². The Labute approximate surface area is 143 Å². The molecule has 1 aliphatic heterocycles. The van der Waals surface area contributed by atoms with Gasteiger partial charge in [-0.15, -0.1) is 0 Å². The number of hydrogen-bond donors (Lipinski definition) is 0. The second kappa shape index (κ2) is 6.42. The maximum atomic E-state index is 13.1. The predicted molar refractivity (Wildman–Crippen MR) is 95.5 cm³/mol. The first kappa shape index (κ1) is 15.4. The van der Waals surface area contributed by atoms with Gasteiger partial charge >= 0.3 is 0 Å². The zero-order valence-electron chi connectivity index (χ0n) is 14.3. The van der Waals surface area contributed by atoms with E-state index in [1.54, 1.807) is 0 Å². The zero-order chi connectivity index (χ0) is 16.5. The molecule has 0 spiro atoms. The van der Waals surface area contributed by atoms with Crippen molar-refractivity contribution in [3.63, 3.8) is 0 Å². The van der Waals surface area contributed by atoms with Gasteiger partial charge in [-0.2, -0.15) is 0 Å². The Morgan fingerprint density at radius 1 is 1.17 bits per heavy atom. The number of hydrogen-bond acceptors (Lipinski definition) is 2. The van der Waals surface area contributed by atoms with E-state index in [1.165, 1.54) is 6.42 Å². The molecule has 1 fully saturated rings. The van der Waals surface area contributed by atoms with Crippen molar-refractivity contribution < 1.29 is 4.79 Å². The van der Waals surface area contributed by atoms with Crippen molar-refractivity contribution in [3.8, 4) is 0 Å². The number of aromatic nitrogens is 2. The number of carbonyl (C=O) groups is 1. The summed E-state index contributed by atoms with van der Waals surface area (Å²) in [5.41, 5.74) is 2.17. The minimum atomic E-state index is 0.120. The quantitative estimate of drug-likeness (QED) is 0.784. The molecular weight excluding hydrogens is 298 g/mol. The monoisotopic (exact) mass is 323 g/mol. The fourth-order valence-electron chi connectivity index (χ4n) is 4.18. The van der Waals surface area contributed by atoms with E-state index in [0.717, 1.165) is 55.5 Å². The molecule has 4 heteroatoms. The molecule has 126 valence electrons. The van der Waals surface area contributed by atoms with Crippen molar-refractivity contribution in [2.45, 2.75) is 44.6 Å². The number of benzene rings is 1. The first-order chi connectivity index (χ1) is 11.8. The summed E-state index contributed by atoms with van der Waals surface area (Å²) in [6, 6.07) is 8.35. The Morgan fingerprint density at radius 2 is 2.04 bits per heavy atom. The van der Waals surface area contributed by atoms with Crippen molar-refractivity contribution in [3.05, 3.63) is 42.2 Å². The van der Waals surface area contributed by atoms with E-state index in [9.17, 15) is 4.79 Å². The summed E-state index contributed by atoms with van der Waals surface area (Å²) in [6.45, 7) is 0.868. The number of piperidine rings is 1. The number of fused-ring (bicyclic) bond motifs is 1. The Bertz CT molecular complexity index is 776. The molecule has 1 saturated heterocycles. The highest BCUT2D eigenvalue weighted by molar-refractivity contribution is 5.80. The van der Waals surface area contributed by atoms with Crippen LogP contribution in [-0.4, -0.2) is 26.9 Å². The summed E-state index contributed by atoms with van der Waals surface area (Å²) in [6.07, 6.45) is 10.6. The lowest BCUT2D eigenvalue weighted by molar-refractivity contribution is -0.140. The molecule has 0 radical (unpaired) electrons. The molecule has 1 amide bonds. The van der Waals surface area contributed by atoms with E-state index in [2.05, 4.69) is 40.8 Å². The Morgan fingerprint density at radius 3 is 2.83 bits per heavy atom. The largest absolute Gasteiger partial charge is 0.332 e. The maximum Gasteiger partial charge on any atom is 0.226 e. The van der Waals surface area contributed by atoms with Gasteiger partial charge in [-0.3, -0.25) is 4.79 Å². The molecule has 1 aliphatic carbocycles. The molecule has 0 unspecified atom stereocenters. The van der Waals surface area contributed by atoms with Crippen LogP contribution < -0.4 is 0 Å². The number of carbonyl (C=O) groups excluding carboxylic acids is 1. The Hall–Kier alpha value is -2.10. The van der Waals surface area contributed by atoms with Gasteiger partial charge in [0, 0.05) is 19.5 Å². The Kier molecular flexibility index (Phi) is 4.13. The van der Waals surface area contributed by atoms with Gasteiger partial charge in [0.15, 0.2) is 0 Å². The van der Waals surface area contributed by atoms with E-state index >= 15 is 0 Å². The highest BCUT2D eigenvalue weighted by Gasteiger charge is 2.34. The number of allylic oxidation sites excluding steroid dienone is 2. The van der Waals surface area contributed by atoms with Gasteiger partial charge in [-0.05, 0) is 50.7 Å². The molecule has 0 saturated carbocycles. The van der Waals surface area contributed by atoms with Gasteiger partial charge in [0.05, 0.1) is 17.1 Å². The van der Waals surface area contributed by atoms with Crippen molar-refractivity contribution in [2.75, 3.05) is 6.54 Å². The zero-order valence-corrected chi connectivity index (χ0v) is 14.3. The summed E-state index contributed by atoms with van der Waals surface area (Å²) >= 11 is 0. The molecule has 2 heterocycles. The number of amides is 1. The molecule has 4 nitrogen and oxygen atoms in total. The predicted octanol–water partition coefficient (Wildman–Crippen LogP) is 3.98. The van der Waals surface area contributed by atoms with Gasteiger partial charge < -0.3 is 9.47 Å². The van der Waals surface area contributed by atoms with Crippen LogP contribution in [0.1, 0.15) is 50.4 Å². The normalized spacial score (nSPS) is 24.5. The van der Waals surface area contributed by atoms with Crippen LogP contribution in [0.4, 0.5) is 0 Å². The minimum Gasteiger partial charge on any atom is -0.332 e. The molecule has 2 aromatic rings. The fourth-order valence-corrected chi connectivity index (χ4v) is 4.18. The van der Waals surface area contributed by atoms with Crippen LogP contribution in [0.5, 0.6) is 0 Å². The molecule has 0 bridgehead atoms. The summed E-state index contributed by atoms with van der Waals surface area (Å²) < 4.78 is 2.17. The van der Waals surface area contributed by atoms with Crippen LogP contribution in [0.3, 0.4) is 0 Å². The highest BCUT2D eigenvalue weighted by Crippen LogP contribution is 2.34. The summed E-state index contributed by atoms with van der Waals surface area (Å²) in [7, 11) is 2.07. The molecule has 2 aliphatic rings.